The van der Waals surface area contributed by atoms with Crippen LogP contribution >= 0.6 is 0 Å². The molecule has 0 saturated carbocycles. The molecular weight excluding hydrogens is 124 g/mol. The Hall–Kier alpha value is -0.740. The second-order valence-corrected chi connectivity index (χ2v) is 2.56. The average Bonchev–Trinajstić information content (AvgIpc) is 1.88. The molecule has 10 heavy (non-hydrogen) atoms. The Labute approximate surface area is 62.8 Å². The van der Waals surface area contributed by atoms with Crippen LogP contribution in [0.2, 0.25) is 0 Å². The zero-order chi connectivity index (χ0) is 7.98. The van der Waals surface area contributed by atoms with Crippen molar-refractivity contribution in [2.75, 3.05) is 6.61 Å². The van der Waals surface area contributed by atoms with Crippen molar-refractivity contribution in [2.45, 2.75) is 20.3 Å². The van der Waals surface area contributed by atoms with Gasteiger partial charge >= 0.3 is 0 Å². The summed E-state index contributed by atoms with van der Waals surface area (Å²) in [6, 6.07) is 0. The van der Waals surface area contributed by atoms with Crippen molar-refractivity contribution < 1.29 is 5.11 Å². The fourth-order valence-electron chi connectivity index (χ4n) is 0.783. The summed E-state index contributed by atoms with van der Waals surface area (Å²) in [5.74, 6) is 2.96. The maximum absolute atomic E-state index is 8.63. The number of hydrogen-bond donors (Lipinski definition) is 1. The zero-order valence-electron chi connectivity index (χ0n) is 6.59. The van der Waals surface area contributed by atoms with Gasteiger partial charge in [-0.3, -0.25) is 0 Å². The third kappa shape index (κ3) is 4.17. The highest BCUT2D eigenvalue weighted by Gasteiger charge is 1.94. The van der Waals surface area contributed by atoms with Crippen LogP contribution in [-0.2, 0) is 0 Å². The van der Waals surface area contributed by atoms with E-state index in [9.17, 15) is 0 Å². The van der Waals surface area contributed by atoms with E-state index in [4.69, 9.17) is 11.5 Å². The lowest BCUT2D eigenvalue weighted by atomic mass is 10.1. The van der Waals surface area contributed by atoms with Gasteiger partial charge in [0.25, 0.3) is 0 Å². The summed E-state index contributed by atoms with van der Waals surface area (Å²) in [6.07, 6.45) is 7.85. The van der Waals surface area contributed by atoms with Gasteiger partial charge in [0, 0.05) is 6.42 Å². The highest BCUT2D eigenvalue weighted by Crippen LogP contribution is 2.05. The number of hydrogen-bond acceptors (Lipinski definition) is 1. The molecule has 1 N–H and O–H groups in total. The second-order valence-electron chi connectivity index (χ2n) is 2.56. The summed E-state index contributed by atoms with van der Waals surface area (Å²) in [4.78, 5) is 0. The van der Waals surface area contributed by atoms with E-state index in [2.05, 4.69) is 5.92 Å². The quantitative estimate of drug-likeness (QED) is 0.464. The lowest BCUT2D eigenvalue weighted by Crippen LogP contribution is -1.91. The van der Waals surface area contributed by atoms with Crippen molar-refractivity contribution in [1.82, 2.24) is 0 Å². The van der Waals surface area contributed by atoms with Crippen LogP contribution < -0.4 is 0 Å². The first-order valence-corrected chi connectivity index (χ1v) is 3.42. The Morgan fingerprint density at radius 1 is 1.80 bits per heavy atom. The zero-order valence-corrected chi connectivity index (χ0v) is 6.59. The maximum Gasteiger partial charge on any atom is 0.0639 e. The number of aliphatic hydroxyl groups is 1. The minimum absolute atomic E-state index is 0.134. The van der Waals surface area contributed by atoms with Crippen molar-refractivity contribution in [3.05, 3.63) is 11.6 Å². The van der Waals surface area contributed by atoms with Crippen LogP contribution in [0.15, 0.2) is 11.6 Å². The van der Waals surface area contributed by atoms with Crippen LogP contribution in [0.1, 0.15) is 20.3 Å². The van der Waals surface area contributed by atoms with Gasteiger partial charge in [-0.25, -0.2) is 0 Å². The van der Waals surface area contributed by atoms with Gasteiger partial charge in [-0.05, 0) is 12.8 Å². The molecule has 0 fully saturated rings. The molecule has 0 aliphatic heterocycles. The standard InChI is InChI=1S/C9H14O/c1-4-5-8(2)6-9(3)7-10/h1,6,8,10H,5,7H2,2-3H3/b9-6-/t8-/m0/s1. The number of aliphatic hydroxyl groups excluding tert-OH is 1. The third-order valence-corrected chi connectivity index (χ3v) is 1.26. The lowest BCUT2D eigenvalue weighted by molar-refractivity contribution is 0.330. The average molecular weight is 138 g/mol. The van der Waals surface area contributed by atoms with Gasteiger partial charge in [0.05, 0.1) is 6.61 Å². The van der Waals surface area contributed by atoms with Gasteiger partial charge in [0.15, 0.2) is 0 Å². The third-order valence-electron chi connectivity index (χ3n) is 1.26. The molecule has 0 aromatic rings. The molecule has 0 bridgehead atoms. The Morgan fingerprint density at radius 2 is 2.40 bits per heavy atom. The molecule has 0 aliphatic carbocycles. The molecule has 0 rings (SSSR count). The van der Waals surface area contributed by atoms with Crippen LogP contribution in [0.25, 0.3) is 0 Å². The Balaban J connectivity index is 3.77. The number of allylic oxidation sites excluding steroid dienone is 1. The van der Waals surface area contributed by atoms with E-state index in [1.165, 1.54) is 0 Å². The van der Waals surface area contributed by atoms with Gasteiger partial charge in [0.2, 0.25) is 0 Å². The predicted molar refractivity (Wildman–Crippen MR) is 43.5 cm³/mol. The van der Waals surface area contributed by atoms with Crippen molar-refractivity contribution >= 4 is 0 Å². The number of rotatable bonds is 3. The second kappa shape index (κ2) is 5.08. The SMILES string of the molecule is C#CC[C@H](C)/C=C(/C)CO. The monoisotopic (exact) mass is 138 g/mol. The molecule has 0 amide bonds. The minimum atomic E-state index is 0.134. The van der Waals surface area contributed by atoms with Gasteiger partial charge in [0.1, 0.15) is 0 Å². The molecule has 56 valence electrons. The Kier molecular flexibility index (Phi) is 4.70. The lowest BCUT2D eigenvalue weighted by Gasteiger charge is -2.01. The fraction of sp³-hybridized carbons (Fsp3) is 0.556. The van der Waals surface area contributed by atoms with Crippen LogP contribution in [0, 0.1) is 18.3 Å². The normalized spacial score (nSPS) is 14.4. The van der Waals surface area contributed by atoms with Crippen molar-refractivity contribution in [1.29, 1.82) is 0 Å². The molecule has 1 nitrogen and oxygen atoms in total. The predicted octanol–water partition coefficient (Wildman–Crippen LogP) is 1.58. The van der Waals surface area contributed by atoms with Gasteiger partial charge in [-0.2, -0.15) is 0 Å². The van der Waals surface area contributed by atoms with Gasteiger partial charge in [-0.15, -0.1) is 12.3 Å². The molecule has 0 aromatic heterocycles. The number of terminal acetylenes is 1. The molecular formula is C9H14O. The first-order chi connectivity index (χ1) is 4.70. The van der Waals surface area contributed by atoms with Gasteiger partial charge < -0.3 is 5.11 Å². The molecule has 0 radical (unpaired) electrons. The largest absolute Gasteiger partial charge is 0.392 e. The molecule has 1 heteroatoms. The van der Waals surface area contributed by atoms with Crippen LogP contribution in [0.5, 0.6) is 0 Å². The molecule has 0 spiro atoms. The molecule has 0 saturated heterocycles. The van der Waals surface area contributed by atoms with Gasteiger partial charge in [-0.1, -0.05) is 18.6 Å². The van der Waals surface area contributed by atoms with E-state index in [1.807, 2.05) is 19.9 Å². The van der Waals surface area contributed by atoms with Crippen molar-refractivity contribution in [3.8, 4) is 12.3 Å². The van der Waals surface area contributed by atoms with Crippen molar-refractivity contribution in [3.63, 3.8) is 0 Å². The van der Waals surface area contributed by atoms with Crippen molar-refractivity contribution in [2.24, 2.45) is 5.92 Å². The molecule has 0 heterocycles. The summed E-state index contributed by atoms with van der Waals surface area (Å²) in [5, 5.41) is 8.63. The van der Waals surface area contributed by atoms with E-state index in [1.54, 1.807) is 0 Å². The highest BCUT2D eigenvalue weighted by atomic mass is 16.3. The maximum atomic E-state index is 8.63. The molecule has 0 unspecified atom stereocenters. The summed E-state index contributed by atoms with van der Waals surface area (Å²) in [6.45, 7) is 4.07. The minimum Gasteiger partial charge on any atom is -0.392 e. The summed E-state index contributed by atoms with van der Waals surface area (Å²) in [7, 11) is 0. The molecule has 0 aliphatic rings. The van der Waals surface area contributed by atoms with Crippen LogP contribution in [0.4, 0.5) is 0 Å². The van der Waals surface area contributed by atoms with E-state index in [-0.39, 0.29) is 6.61 Å². The Morgan fingerprint density at radius 3 is 2.80 bits per heavy atom. The summed E-state index contributed by atoms with van der Waals surface area (Å²) < 4.78 is 0. The smallest absolute Gasteiger partial charge is 0.0639 e. The first kappa shape index (κ1) is 9.26. The molecule has 0 aromatic carbocycles. The van der Waals surface area contributed by atoms with E-state index in [0.29, 0.717) is 5.92 Å². The summed E-state index contributed by atoms with van der Waals surface area (Å²) in [5.41, 5.74) is 0.989. The van der Waals surface area contributed by atoms with Crippen LogP contribution in [0.3, 0.4) is 0 Å². The summed E-state index contributed by atoms with van der Waals surface area (Å²) >= 11 is 0. The highest BCUT2D eigenvalue weighted by molar-refractivity contribution is 5.03. The topological polar surface area (TPSA) is 20.2 Å². The van der Waals surface area contributed by atoms with Crippen LogP contribution in [-0.4, -0.2) is 11.7 Å². The first-order valence-electron chi connectivity index (χ1n) is 3.42. The van der Waals surface area contributed by atoms with E-state index < -0.39 is 0 Å². The molecule has 1 atom stereocenters. The van der Waals surface area contributed by atoms with E-state index in [0.717, 1.165) is 12.0 Å². The Bertz CT molecular complexity index is 151. The fourth-order valence-corrected chi connectivity index (χ4v) is 0.783. The van der Waals surface area contributed by atoms with E-state index >= 15 is 0 Å².